The van der Waals surface area contributed by atoms with E-state index in [0.29, 0.717) is 6.54 Å². The predicted molar refractivity (Wildman–Crippen MR) is 75.9 cm³/mol. The van der Waals surface area contributed by atoms with Crippen molar-refractivity contribution >= 4 is 22.9 Å². The molecule has 18 heavy (non-hydrogen) atoms. The molecule has 0 radical (unpaired) electrons. The van der Waals surface area contributed by atoms with E-state index in [1.165, 1.54) is 16.9 Å². The Morgan fingerprint density at radius 1 is 1.28 bits per heavy atom. The lowest BCUT2D eigenvalue weighted by molar-refractivity contribution is 0.0957. The summed E-state index contributed by atoms with van der Waals surface area (Å²) in [6, 6.07) is 9.68. The number of aryl methyl sites for hydroxylation is 1. The van der Waals surface area contributed by atoms with Crippen LogP contribution >= 0.6 is 11.3 Å². The molecule has 0 saturated heterocycles. The highest BCUT2D eigenvalue weighted by molar-refractivity contribution is 7.12. The van der Waals surface area contributed by atoms with Gasteiger partial charge in [0.25, 0.3) is 5.91 Å². The SMILES string of the molecule is Cc1ccsc1C(=O)NCCc1ccc(N)cc1. The number of nitrogens with two attached hydrogens (primary N) is 1. The lowest BCUT2D eigenvalue weighted by Crippen LogP contribution is -2.25. The maximum atomic E-state index is 11.9. The minimum absolute atomic E-state index is 0.0120. The summed E-state index contributed by atoms with van der Waals surface area (Å²) >= 11 is 1.48. The van der Waals surface area contributed by atoms with Crippen molar-refractivity contribution < 1.29 is 4.79 Å². The molecule has 94 valence electrons. The number of anilines is 1. The summed E-state index contributed by atoms with van der Waals surface area (Å²) in [5.41, 5.74) is 8.58. The smallest absolute Gasteiger partial charge is 0.261 e. The molecule has 0 aliphatic rings. The fraction of sp³-hybridized carbons (Fsp3) is 0.214. The van der Waals surface area contributed by atoms with Gasteiger partial charge in [0.05, 0.1) is 4.88 Å². The highest BCUT2D eigenvalue weighted by Gasteiger charge is 2.09. The summed E-state index contributed by atoms with van der Waals surface area (Å²) in [6.07, 6.45) is 0.816. The highest BCUT2D eigenvalue weighted by atomic mass is 32.1. The van der Waals surface area contributed by atoms with Crippen LogP contribution in [0.4, 0.5) is 5.69 Å². The second-order valence-electron chi connectivity index (χ2n) is 4.18. The Hall–Kier alpha value is -1.81. The molecule has 0 saturated carbocycles. The van der Waals surface area contributed by atoms with Gasteiger partial charge in [0.1, 0.15) is 0 Å². The van der Waals surface area contributed by atoms with Crippen molar-refractivity contribution in [1.29, 1.82) is 0 Å². The molecule has 1 aromatic carbocycles. The predicted octanol–water partition coefficient (Wildman–Crippen LogP) is 2.61. The zero-order valence-electron chi connectivity index (χ0n) is 10.3. The normalized spacial score (nSPS) is 10.3. The number of thiophene rings is 1. The van der Waals surface area contributed by atoms with Gasteiger partial charge in [-0.15, -0.1) is 11.3 Å². The van der Waals surface area contributed by atoms with Gasteiger partial charge in [-0.05, 0) is 48.1 Å². The number of rotatable bonds is 4. The first-order chi connectivity index (χ1) is 8.66. The number of benzene rings is 1. The Morgan fingerprint density at radius 3 is 2.61 bits per heavy atom. The second-order valence-corrected chi connectivity index (χ2v) is 5.10. The molecule has 3 N–H and O–H groups in total. The Bertz CT molecular complexity index is 531. The van der Waals surface area contributed by atoms with Gasteiger partial charge in [-0.25, -0.2) is 0 Å². The molecule has 0 spiro atoms. The van der Waals surface area contributed by atoms with Crippen LogP contribution in [0, 0.1) is 6.92 Å². The molecule has 0 atom stereocenters. The van der Waals surface area contributed by atoms with Crippen LogP contribution in [0.15, 0.2) is 35.7 Å². The van der Waals surface area contributed by atoms with Gasteiger partial charge >= 0.3 is 0 Å². The molecule has 0 aliphatic carbocycles. The first-order valence-electron chi connectivity index (χ1n) is 5.83. The van der Waals surface area contributed by atoms with Crippen LogP contribution in [-0.4, -0.2) is 12.5 Å². The van der Waals surface area contributed by atoms with Gasteiger partial charge in [-0.3, -0.25) is 4.79 Å². The number of hydrogen-bond donors (Lipinski definition) is 2. The maximum absolute atomic E-state index is 11.9. The number of hydrogen-bond acceptors (Lipinski definition) is 3. The number of carbonyl (C=O) groups is 1. The average molecular weight is 260 g/mol. The van der Waals surface area contributed by atoms with Gasteiger partial charge in [0, 0.05) is 12.2 Å². The quantitative estimate of drug-likeness (QED) is 0.830. The minimum atomic E-state index is 0.0120. The number of nitrogen functional groups attached to an aromatic ring is 1. The number of nitrogens with one attached hydrogen (secondary N) is 1. The third kappa shape index (κ3) is 3.11. The molecule has 0 unspecified atom stereocenters. The fourth-order valence-electron chi connectivity index (χ4n) is 1.69. The van der Waals surface area contributed by atoms with Crippen LogP contribution in [0.25, 0.3) is 0 Å². The molecule has 3 nitrogen and oxygen atoms in total. The van der Waals surface area contributed by atoms with Crippen LogP contribution in [0.3, 0.4) is 0 Å². The summed E-state index contributed by atoms with van der Waals surface area (Å²) in [5, 5.41) is 4.86. The molecule has 2 aromatic rings. The Balaban J connectivity index is 1.84. The van der Waals surface area contributed by atoms with Gasteiger partial charge in [-0.2, -0.15) is 0 Å². The van der Waals surface area contributed by atoms with E-state index in [2.05, 4.69) is 5.32 Å². The molecule has 1 amide bonds. The molecule has 0 bridgehead atoms. The van der Waals surface area contributed by atoms with Crippen molar-refractivity contribution in [2.45, 2.75) is 13.3 Å². The van der Waals surface area contributed by atoms with Crippen molar-refractivity contribution in [2.24, 2.45) is 0 Å². The largest absolute Gasteiger partial charge is 0.399 e. The minimum Gasteiger partial charge on any atom is -0.399 e. The summed E-state index contributed by atoms with van der Waals surface area (Å²) in [6.45, 7) is 2.59. The molecule has 1 heterocycles. The van der Waals surface area contributed by atoms with E-state index in [1.807, 2.05) is 42.6 Å². The van der Waals surface area contributed by atoms with Gasteiger partial charge in [-0.1, -0.05) is 12.1 Å². The fourth-order valence-corrected chi connectivity index (χ4v) is 2.53. The van der Waals surface area contributed by atoms with E-state index in [0.717, 1.165) is 22.5 Å². The van der Waals surface area contributed by atoms with E-state index >= 15 is 0 Å². The van der Waals surface area contributed by atoms with E-state index in [9.17, 15) is 4.79 Å². The van der Waals surface area contributed by atoms with Crippen LogP contribution in [0.2, 0.25) is 0 Å². The van der Waals surface area contributed by atoms with E-state index in [1.54, 1.807) is 0 Å². The zero-order valence-corrected chi connectivity index (χ0v) is 11.1. The molecule has 0 aliphatic heterocycles. The van der Waals surface area contributed by atoms with E-state index < -0.39 is 0 Å². The molecule has 1 aromatic heterocycles. The van der Waals surface area contributed by atoms with Gasteiger partial charge < -0.3 is 11.1 Å². The molecular weight excluding hydrogens is 244 g/mol. The van der Waals surface area contributed by atoms with Crippen molar-refractivity contribution in [3.63, 3.8) is 0 Å². The topological polar surface area (TPSA) is 55.1 Å². The Kier molecular flexibility index (Phi) is 3.99. The summed E-state index contributed by atoms with van der Waals surface area (Å²) in [5.74, 6) is 0.0120. The summed E-state index contributed by atoms with van der Waals surface area (Å²) in [7, 11) is 0. The molecule has 2 rings (SSSR count). The Morgan fingerprint density at radius 2 is 2.00 bits per heavy atom. The summed E-state index contributed by atoms with van der Waals surface area (Å²) < 4.78 is 0. The lowest BCUT2D eigenvalue weighted by Gasteiger charge is -2.05. The Labute approximate surface area is 111 Å². The first kappa shape index (κ1) is 12.6. The molecular formula is C14H16N2OS. The third-order valence-electron chi connectivity index (χ3n) is 2.75. The molecule has 4 heteroatoms. The van der Waals surface area contributed by atoms with E-state index in [-0.39, 0.29) is 5.91 Å². The maximum Gasteiger partial charge on any atom is 0.261 e. The van der Waals surface area contributed by atoms with Gasteiger partial charge in [0.2, 0.25) is 0 Å². The van der Waals surface area contributed by atoms with Crippen LogP contribution in [0.1, 0.15) is 20.8 Å². The standard InChI is InChI=1S/C14H16N2OS/c1-10-7-9-18-13(10)14(17)16-8-6-11-2-4-12(15)5-3-11/h2-5,7,9H,6,8,15H2,1H3,(H,16,17). The van der Waals surface area contributed by atoms with Crippen LogP contribution in [-0.2, 0) is 6.42 Å². The number of amides is 1. The van der Waals surface area contributed by atoms with Crippen molar-refractivity contribution in [2.75, 3.05) is 12.3 Å². The third-order valence-corrected chi connectivity index (χ3v) is 3.76. The van der Waals surface area contributed by atoms with E-state index in [4.69, 9.17) is 5.73 Å². The zero-order chi connectivity index (χ0) is 13.0. The van der Waals surface area contributed by atoms with Gasteiger partial charge in [0.15, 0.2) is 0 Å². The number of carbonyl (C=O) groups excluding carboxylic acids is 1. The average Bonchev–Trinajstić information content (AvgIpc) is 2.78. The van der Waals surface area contributed by atoms with Crippen molar-refractivity contribution in [3.05, 3.63) is 51.7 Å². The van der Waals surface area contributed by atoms with Crippen molar-refractivity contribution in [3.8, 4) is 0 Å². The van der Waals surface area contributed by atoms with Crippen molar-refractivity contribution in [1.82, 2.24) is 5.32 Å². The van der Waals surface area contributed by atoms with Crippen LogP contribution < -0.4 is 11.1 Å². The second kappa shape index (κ2) is 5.69. The van der Waals surface area contributed by atoms with Crippen LogP contribution in [0.5, 0.6) is 0 Å². The highest BCUT2D eigenvalue weighted by Crippen LogP contribution is 2.15. The lowest BCUT2D eigenvalue weighted by atomic mass is 10.1. The monoisotopic (exact) mass is 260 g/mol. The molecule has 0 fully saturated rings. The first-order valence-corrected chi connectivity index (χ1v) is 6.71. The summed E-state index contributed by atoms with van der Waals surface area (Å²) in [4.78, 5) is 12.6.